The molecule has 3 aromatic heterocycles. The zero-order chi connectivity index (χ0) is 20.7. The minimum absolute atomic E-state index is 0.00950. The van der Waals surface area contributed by atoms with Crippen LogP contribution in [0.15, 0.2) is 66.0 Å². The number of benzene rings is 2. The summed E-state index contributed by atoms with van der Waals surface area (Å²) in [6, 6.07) is 17.6. The van der Waals surface area contributed by atoms with Gasteiger partial charge in [0.2, 0.25) is 0 Å². The standard InChI is InChI=1S/C21H12N4O3S2/c26-20(24-21-23-16-8-7-12(25(27)28)10-19(16)30-21)14-11-17(18-6-3-9-29-18)22-15-5-2-1-4-13(14)15/h1-11H,(H,23,24,26). The van der Waals surface area contributed by atoms with Crippen LogP contribution in [-0.2, 0) is 0 Å². The second-order valence-electron chi connectivity index (χ2n) is 6.43. The molecule has 1 N–H and O–H groups in total. The average Bonchev–Trinajstić information content (AvgIpc) is 3.41. The van der Waals surface area contributed by atoms with Crippen molar-refractivity contribution in [1.82, 2.24) is 9.97 Å². The normalized spacial score (nSPS) is 11.1. The second-order valence-corrected chi connectivity index (χ2v) is 8.41. The van der Waals surface area contributed by atoms with E-state index in [-0.39, 0.29) is 11.6 Å². The van der Waals surface area contributed by atoms with Crippen LogP contribution in [0.1, 0.15) is 10.4 Å². The Morgan fingerprint density at radius 3 is 2.67 bits per heavy atom. The number of para-hydroxylation sites is 1. The van der Waals surface area contributed by atoms with Gasteiger partial charge in [-0.3, -0.25) is 20.2 Å². The predicted octanol–water partition coefficient (Wildman–Crippen LogP) is 5.73. The highest BCUT2D eigenvalue weighted by Crippen LogP contribution is 2.31. The number of rotatable bonds is 4. The molecule has 0 spiro atoms. The monoisotopic (exact) mass is 432 g/mol. The highest BCUT2D eigenvalue weighted by atomic mass is 32.1. The van der Waals surface area contributed by atoms with Crippen molar-refractivity contribution >= 4 is 60.5 Å². The van der Waals surface area contributed by atoms with Crippen LogP contribution in [0.25, 0.3) is 31.7 Å². The number of nitro benzene ring substituents is 1. The van der Waals surface area contributed by atoms with Crippen molar-refractivity contribution < 1.29 is 9.72 Å². The number of pyridine rings is 1. The van der Waals surface area contributed by atoms with Crippen molar-refractivity contribution in [3.8, 4) is 10.6 Å². The van der Waals surface area contributed by atoms with E-state index in [2.05, 4.69) is 15.3 Å². The Labute approximate surface area is 177 Å². The number of nitro groups is 1. The zero-order valence-corrected chi connectivity index (χ0v) is 16.9. The quantitative estimate of drug-likeness (QED) is 0.289. The van der Waals surface area contributed by atoms with Gasteiger partial charge in [0, 0.05) is 17.5 Å². The largest absolute Gasteiger partial charge is 0.298 e. The van der Waals surface area contributed by atoms with Crippen molar-refractivity contribution in [2.75, 3.05) is 5.32 Å². The number of amides is 1. The van der Waals surface area contributed by atoms with Gasteiger partial charge in [0.05, 0.1) is 36.8 Å². The molecule has 0 aliphatic rings. The molecule has 7 nitrogen and oxygen atoms in total. The van der Waals surface area contributed by atoms with Gasteiger partial charge in [-0.2, -0.15) is 0 Å². The molecule has 5 rings (SSSR count). The van der Waals surface area contributed by atoms with Crippen LogP contribution in [0.5, 0.6) is 0 Å². The topological polar surface area (TPSA) is 98.0 Å². The van der Waals surface area contributed by atoms with E-state index >= 15 is 0 Å². The summed E-state index contributed by atoms with van der Waals surface area (Å²) in [7, 11) is 0. The third-order valence-electron chi connectivity index (χ3n) is 4.54. The number of carbonyl (C=O) groups excluding carboxylic acids is 1. The SMILES string of the molecule is O=C(Nc1nc2ccc([N+](=O)[O-])cc2s1)c1cc(-c2cccs2)nc2ccccc12. The lowest BCUT2D eigenvalue weighted by Crippen LogP contribution is -2.12. The summed E-state index contributed by atoms with van der Waals surface area (Å²) in [5, 5.41) is 16.9. The predicted molar refractivity (Wildman–Crippen MR) is 119 cm³/mol. The summed E-state index contributed by atoms with van der Waals surface area (Å²) in [5.41, 5.74) is 2.54. The maximum absolute atomic E-state index is 13.1. The highest BCUT2D eigenvalue weighted by molar-refractivity contribution is 7.22. The molecule has 2 aromatic carbocycles. The van der Waals surface area contributed by atoms with Gasteiger partial charge >= 0.3 is 0 Å². The van der Waals surface area contributed by atoms with Crippen molar-refractivity contribution in [2.45, 2.75) is 0 Å². The maximum atomic E-state index is 13.1. The van der Waals surface area contributed by atoms with Crippen LogP contribution in [0.3, 0.4) is 0 Å². The van der Waals surface area contributed by atoms with Crippen molar-refractivity contribution in [3.05, 3.63) is 81.7 Å². The van der Waals surface area contributed by atoms with E-state index in [1.807, 2.05) is 41.8 Å². The molecule has 1 amide bonds. The van der Waals surface area contributed by atoms with Gasteiger partial charge in [-0.25, -0.2) is 9.97 Å². The summed E-state index contributed by atoms with van der Waals surface area (Å²) in [6.07, 6.45) is 0. The number of nitrogens with one attached hydrogen (secondary N) is 1. The van der Waals surface area contributed by atoms with Crippen LogP contribution in [0.2, 0.25) is 0 Å². The molecule has 5 aromatic rings. The fourth-order valence-electron chi connectivity index (χ4n) is 3.16. The van der Waals surface area contributed by atoms with Crippen molar-refractivity contribution in [1.29, 1.82) is 0 Å². The Morgan fingerprint density at radius 2 is 1.87 bits per heavy atom. The minimum atomic E-state index is -0.452. The Hall–Kier alpha value is -3.69. The molecule has 0 saturated heterocycles. The van der Waals surface area contributed by atoms with E-state index in [1.54, 1.807) is 23.5 Å². The molecule has 0 fully saturated rings. The number of thiophene rings is 1. The molecule has 0 bridgehead atoms. The second kappa shape index (κ2) is 7.29. The van der Waals surface area contributed by atoms with Gasteiger partial charge < -0.3 is 0 Å². The average molecular weight is 432 g/mol. The Morgan fingerprint density at radius 1 is 1.00 bits per heavy atom. The molecule has 0 aliphatic heterocycles. The summed E-state index contributed by atoms with van der Waals surface area (Å²) < 4.78 is 0.637. The highest BCUT2D eigenvalue weighted by Gasteiger charge is 2.17. The number of hydrogen-bond acceptors (Lipinski definition) is 7. The van der Waals surface area contributed by atoms with E-state index in [0.717, 1.165) is 21.5 Å². The number of carbonyl (C=O) groups is 1. The summed E-state index contributed by atoms with van der Waals surface area (Å²) in [4.78, 5) is 33.7. The van der Waals surface area contributed by atoms with Crippen LogP contribution < -0.4 is 5.32 Å². The molecule has 0 aliphatic carbocycles. The van der Waals surface area contributed by atoms with Gasteiger partial charge in [0.25, 0.3) is 11.6 Å². The fraction of sp³-hybridized carbons (Fsp3) is 0. The van der Waals surface area contributed by atoms with Crippen LogP contribution in [-0.4, -0.2) is 20.8 Å². The first-order valence-electron chi connectivity index (χ1n) is 8.88. The van der Waals surface area contributed by atoms with Crippen molar-refractivity contribution in [3.63, 3.8) is 0 Å². The maximum Gasteiger partial charge on any atom is 0.270 e. The number of nitrogens with zero attached hydrogens (tertiary/aromatic N) is 3. The fourth-order valence-corrected chi connectivity index (χ4v) is 4.74. The first-order chi connectivity index (χ1) is 14.6. The van der Waals surface area contributed by atoms with Crippen LogP contribution in [0.4, 0.5) is 10.8 Å². The zero-order valence-electron chi connectivity index (χ0n) is 15.2. The van der Waals surface area contributed by atoms with Crippen molar-refractivity contribution in [2.24, 2.45) is 0 Å². The summed E-state index contributed by atoms with van der Waals surface area (Å²) in [5.74, 6) is -0.306. The van der Waals surface area contributed by atoms with E-state index < -0.39 is 4.92 Å². The molecule has 0 saturated carbocycles. The van der Waals surface area contributed by atoms with Gasteiger partial charge in [0.1, 0.15) is 0 Å². The number of fused-ring (bicyclic) bond motifs is 2. The molecular formula is C21H12N4O3S2. The van der Waals surface area contributed by atoms with Gasteiger partial charge in [-0.15, -0.1) is 11.3 Å². The lowest BCUT2D eigenvalue weighted by Gasteiger charge is -2.08. The first kappa shape index (κ1) is 18.3. The molecule has 30 heavy (non-hydrogen) atoms. The van der Waals surface area contributed by atoms with E-state index in [0.29, 0.717) is 20.9 Å². The first-order valence-corrected chi connectivity index (χ1v) is 10.6. The molecule has 0 unspecified atom stereocenters. The van der Waals surface area contributed by atoms with Gasteiger partial charge in [0.15, 0.2) is 5.13 Å². The third-order valence-corrected chi connectivity index (χ3v) is 6.36. The Balaban J connectivity index is 1.54. The third kappa shape index (κ3) is 3.30. The summed E-state index contributed by atoms with van der Waals surface area (Å²) >= 11 is 2.75. The minimum Gasteiger partial charge on any atom is -0.298 e. The molecule has 9 heteroatoms. The Kier molecular flexibility index (Phi) is 4.46. The van der Waals surface area contributed by atoms with Gasteiger partial charge in [-0.05, 0) is 29.6 Å². The van der Waals surface area contributed by atoms with Gasteiger partial charge in [-0.1, -0.05) is 35.6 Å². The van der Waals surface area contributed by atoms with Crippen LogP contribution in [0, 0.1) is 10.1 Å². The lowest BCUT2D eigenvalue weighted by atomic mass is 10.1. The molecule has 0 radical (unpaired) electrons. The number of anilines is 1. The number of non-ortho nitro benzene ring substituents is 1. The summed E-state index contributed by atoms with van der Waals surface area (Å²) in [6.45, 7) is 0. The van der Waals surface area contributed by atoms with E-state index in [4.69, 9.17) is 0 Å². The lowest BCUT2D eigenvalue weighted by molar-refractivity contribution is -0.384. The number of aromatic nitrogens is 2. The molecule has 146 valence electrons. The van der Waals surface area contributed by atoms with Crippen LogP contribution >= 0.6 is 22.7 Å². The Bertz CT molecular complexity index is 1430. The molecular weight excluding hydrogens is 420 g/mol. The number of hydrogen-bond donors (Lipinski definition) is 1. The smallest absolute Gasteiger partial charge is 0.270 e. The molecule has 3 heterocycles. The number of thiazole rings is 1. The van der Waals surface area contributed by atoms with E-state index in [1.165, 1.54) is 23.5 Å². The molecule has 0 atom stereocenters. The van der Waals surface area contributed by atoms with E-state index in [9.17, 15) is 14.9 Å².